The van der Waals surface area contributed by atoms with Crippen molar-refractivity contribution in [2.24, 2.45) is 0 Å². The fourth-order valence-electron chi connectivity index (χ4n) is 1.57. The fourth-order valence-corrected chi connectivity index (χ4v) is 1.57. The van der Waals surface area contributed by atoms with Gasteiger partial charge < -0.3 is 10.0 Å². The van der Waals surface area contributed by atoms with E-state index in [1.807, 2.05) is 0 Å². The molecule has 5 heteroatoms. The summed E-state index contributed by atoms with van der Waals surface area (Å²) < 4.78 is 37.3. The Morgan fingerprint density at radius 3 is 2.53 bits per heavy atom. The molecule has 1 atom stereocenters. The number of hydrogen-bond donors (Lipinski definition) is 1. The van der Waals surface area contributed by atoms with Crippen LogP contribution in [0.25, 0.3) is 0 Å². The largest absolute Gasteiger partial charge is 0.388 e. The molecule has 1 N–H and O–H groups in total. The van der Waals surface area contributed by atoms with E-state index in [1.54, 1.807) is 13.1 Å². The van der Waals surface area contributed by atoms with Crippen molar-refractivity contribution >= 4 is 0 Å². The molecule has 0 aliphatic rings. The molecule has 0 saturated carbocycles. The molecule has 0 amide bonds. The molecule has 96 valence electrons. The first-order valence-electron chi connectivity index (χ1n) is 5.40. The quantitative estimate of drug-likeness (QED) is 0.834. The first kappa shape index (κ1) is 14.0. The normalized spacial score (nSPS) is 13.4. The summed E-state index contributed by atoms with van der Waals surface area (Å²) in [6.07, 6.45) is -3.13. The van der Waals surface area contributed by atoms with Crippen LogP contribution in [0.4, 0.5) is 13.2 Å². The lowest BCUT2D eigenvalue weighted by molar-refractivity contribution is 0.0867. The van der Waals surface area contributed by atoms with Gasteiger partial charge in [0.25, 0.3) is 6.43 Å². The maximum atomic E-state index is 13.3. The molecule has 0 heterocycles. The Kier molecular flexibility index (Phi) is 5.44. The molecule has 1 rings (SSSR count). The van der Waals surface area contributed by atoms with Crippen LogP contribution in [0.15, 0.2) is 24.3 Å². The minimum absolute atomic E-state index is 0.206. The van der Waals surface area contributed by atoms with E-state index in [4.69, 9.17) is 0 Å². The summed E-state index contributed by atoms with van der Waals surface area (Å²) in [7, 11) is 1.54. The van der Waals surface area contributed by atoms with Crippen molar-refractivity contribution in [3.05, 3.63) is 35.6 Å². The van der Waals surface area contributed by atoms with E-state index < -0.39 is 18.3 Å². The number of halogens is 3. The number of nitrogens with zero attached hydrogens (tertiary/aromatic N) is 1. The Morgan fingerprint density at radius 2 is 1.94 bits per heavy atom. The van der Waals surface area contributed by atoms with Crippen LogP contribution >= 0.6 is 0 Å². The summed E-state index contributed by atoms with van der Waals surface area (Å²) in [5.74, 6) is -0.475. The average molecular weight is 247 g/mol. The van der Waals surface area contributed by atoms with E-state index in [0.717, 1.165) is 0 Å². The predicted molar refractivity (Wildman–Crippen MR) is 59.5 cm³/mol. The van der Waals surface area contributed by atoms with Crippen molar-refractivity contribution in [2.45, 2.75) is 19.0 Å². The summed E-state index contributed by atoms with van der Waals surface area (Å²) in [6, 6.07) is 5.92. The van der Waals surface area contributed by atoms with Crippen LogP contribution in [-0.2, 0) is 0 Å². The lowest BCUT2D eigenvalue weighted by Crippen LogP contribution is -2.26. The minimum atomic E-state index is -2.40. The number of hydrogen-bond acceptors (Lipinski definition) is 2. The van der Waals surface area contributed by atoms with Crippen LogP contribution in [0.2, 0.25) is 0 Å². The molecule has 0 saturated heterocycles. The van der Waals surface area contributed by atoms with Gasteiger partial charge in [0.2, 0.25) is 0 Å². The third-order valence-corrected chi connectivity index (χ3v) is 2.50. The molecular formula is C12H16F3NO. The van der Waals surface area contributed by atoms with Gasteiger partial charge in [-0.15, -0.1) is 0 Å². The average Bonchev–Trinajstić information content (AvgIpc) is 2.25. The molecule has 0 spiro atoms. The number of aliphatic hydroxyl groups excluding tert-OH is 1. The lowest BCUT2D eigenvalue weighted by atomic mass is 10.1. The van der Waals surface area contributed by atoms with Crippen molar-refractivity contribution in [3.63, 3.8) is 0 Å². The van der Waals surface area contributed by atoms with Crippen LogP contribution in [0.1, 0.15) is 18.1 Å². The number of rotatable bonds is 6. The van der Waals surface area contributed by atoms with E-state index in [9.17, 15) is 18.3 Å². The highest BCUT2D eigenvalue weighted by molar-refractivity contribution is 5.19. The Hall–Kier alpha value is -1.07. The van der Waals surface area contributed by atoms with Gasteiger partial charge in [-0.25, -0.2) is 13.2 Å². The van der Waals surface area contributed by atoms with Crippen molar-refractivity contribution < 1.29 is 18.3 Å². The summed E-state index contributed by atoms with van der Waals surface area (Å²) in [5, 5.41) is 9.73. The van der Waals surface area contributed by atoms with Crippen LogP contribution in [0.3, 0.4) is 0 Å². The number of aliphatic hydroxyl groups is 1. The van der Waals surface area contributed by atoms with Crippen molar-refractivity contribution in [2.75, 3.05) is 20.1 Å². The lowest BCUT2D eigenvalue weighted by Gasteiger charge is -2.18. The topological polar surface area (TPSA) is 23.5 Å². The number of alkyl halides is 2. The van der Waals surface area contributed by atoms with Gasteiger partial charge in [0, 0.05) is 12.1 Å². The van der Waals surface area contributed by atoms with E-state index in [2.05, 4.69) is 0 Å². The highest BCUT2D eigenvalue weighted by Gasteiger charge is 2.14. The maximum absolute atomic E-state index is 13.3. The van der Waals surface area contributed by atoms with E-state index >= 15 is 0 Å². The zero-order valence-electron chi connectivity index (χ0n) is 9.61. The standard InChI is InChI=1S/C12H16F3NO/c1-16(8-12(14)15)7-6-11(17)9-4-2-3-5-10(9)13/h2-5,11-12,17H,6-8H2,1H3. The number of benzene rings is 1. The molecule has 0 aliphatic carbocycles. The first-order chi connectivity index (χ1) is 8.00. The van der Waals surface area contributed by atoms with Gasteiger partial charge in [0.05, 0.1) is 12.6 Å². The molecule has 1 unspecified atom stereocenters. The van der Waals surface area contributed by atoms with Crippen LogP contribution in [-0.4, -0.2) is 36.6 Å². The van der Waals surface area contributed by atoms with Gasteiger partial charge in [-0.05, 0) is 19.5 Å². The molecular weight excluding hydrogens is 231 g/mol. The Bertz CT molecular complexity index is 346. The second-order valence-electron chi connectivity index (χ2n) is 3.98. The SMILES string of the molecule is CN(CCC(O)c1ccccc1F)CC(F)F. The molecule has 0 aliphatic heterocycles. The van der Waals surface area contributed by atoms with Gasteiger partial charge in [0.15, 0.2) is 0 Å². The van der Waals surface area contributed by atoms with Crippen molar-refractivity contribution in [3.8, 4) is 0 Å². The van der Waals surface area contributed by atoms with Gasteiger partial charge in [-0.2, -0.15) is 0 Å². The van der Waals surface area contributed by atoms with E-state index in [1.165, 1.54) is 23.1 Å². The Labute approximate surface area is 98.7 Å². The molecule has 1 aromatic rings. The van der Waals surface area contributed by atoms with E-state index in [-0.39, 0.29) is 18.5 Å². The predicted octanol–water partition coefficient (Wildman–Crippen LogP) is 2.45. The Morgan fingerprint density at radius 1 is 1.29 bits per heavy atom. The third-order valence-electron chi connectivity index (χ3n) is 2.50. The monoisotopic (exact) mass is 247 g/mol. The second-order valence-corrected chi connectivity index (χ2v) is 3.98. The molecule has 1 aromatic carbocycles. The second kappa shape index (κ2) is 6.61. The molecule has 0 radical (unpaired) electrons. The van der Waals surface area contributed by atoms with Gasteiger partial charge >= 0.3 is 0 Å². The summed E-state index contributed by atoms with van der Waals surface area (Å²) in [5.41, 5.74) is 0.206. The highest BCUT2D eigenvalue weighted by Crippen LogP contribution is 2.19. The Balaban J connectivity index is 2.45. The van der Waals surface area contributed by atoms with Gasteiger partial charge in [0.1, 0.15) is 5.82 Å². The van der Waals surface area contributed by atoms with Crippen molar-refractivity contribution in [1.82, 2.24) is 4.90 Å². The molecule has 0 fully saturated rings. The third kappa shape index (κ3) is 4.75. The molecule has 2 nitrogen and oxygen atoms in total. The zero-order chi connectivity index (χ0) is 12.8. The molecule has 17 heavy (non-hydrogen) atoms. The maximum Gasteiger partial charge on any atom is 0.251 e. The van der Waals surface area contributed by atoms with E-state index in [0.29, 0.717) is 6.54 Å². The fraction of sp³-hybridized carbons (Fsp3) is 0.500. The first-order valence-corrected chi connectivity index (χ1v) is 5.40. The van der Waals surface area contributed by atoms with Crippen LogP contribution < -0.4 is 0 Å². The van der Waals surface area contributed by atoms with Crippen LogP contribution in [0.5, 0.6) is 0 Å². The minimum Gasteiger partial charge on any atom is -0.388 e. The summed E-state index contributed by atoms with van der Waals surface area (Å²) >= 11 is 0. The van der Waals surface area contributed by atoms with Gasteiger partial charge in [-0.3, -0.25) is 0 Å². The van der Waals surface area contributed by atoms with Crippen LogP contribution in [0, 0.1) is 5.82 Å². The zero-order valence-corrected chi connectivity index (χ0v) is 9.61. The van der Waals surface area contributed by atoms with Gasteiger partial charge in [-0.1, -0.05) is 18.2 Å². The molecule has 0 bridgehead atoms. The highest BCUT2D eigenvalue weighted by atomic mass is 19.3. The van der Waals surface area contributed by atoms with Crippen molar-refractivity contribution in [1.29, 1.82) is 0 Å². The molecule has 0 aromatic heterocycles. The summed E-state index contributed by atoms with van der Waals surface area (Å²) in [4.78, 5) is 1.41. The summed E-state index contributed by atoms with van der Waals surface area (Å²) in [6.45, 7) is -0.0518. The smallest absolute Gasteiger partial charge is 0.251 e.